The number of nitrogens with zero attached hydrogens (tertiary/aromatic N) is 6. The number of aryl methyl sites for hydroxylation is 1. The summed E-state index contributed by atoms with van der Waals surface area (Å²) in [4.78, 5) is 12.5. The van der Waals surface area contributed by atoms with Gasteiger partial charge in [0.05, 0.1) is 11.8 Å². The van der Waals surface area contributed by atoms with Crippen LogP contribution in [0.4, 0.5) is 0 Å². The number of hydrogen-bond donors (Lipinski definition) is 1. The van der Waals surface area contributed by atoms with E-state index in [9.17, 15) is 0 Å². The quantitative estimate of drug-likeness (QED) is 0.447. The Morgan fingerprint density at radius 3 is 2.73 bits per heavy atom. The number of para-hydroxylation sites is 1. The Labute approximate surface area is 148 Å². The summed E-state index contributed by atoms with van der Waals surface area (Å²) in [5, 5.41) is 21.9. The van der Waals surface area contributed by atoms with Gasteiger partial charge in [0.25, 0.3) is 5.09 Å². The van der Waals surface area contributed by atoms with Crippen LogP contribution in [0.25, 0.3) is 16.7 Å². The first-order chi connectivity index (χ1) is 12.5. The maximum Gasteiger partial charge on any atom is 0.291 e. The average Bonchev–Trinajstić information content (AvgIpc) is 3.25. The van der Waals surface area contributed by atoms with Crippen molar-refractivity contribution in [3.63, 3.8) is 0 Å². The van der Waals surface area contributed by atoms with Gasteiger partial charge in [-0.2, -0.15) is 0 Å². The summed E-state index contributed by atoms with van der Waals surface area (Å²) in [7, 11) is 1.91. The van der Waals surface area contributed by atoms with E-state index in [-0.39, 0.29) is 0 Å². The zero-order chi connectivity index (χ0) is 18.5. The van der Waals surface area contributed by atoms with Crippen LogP contribution in [-0.4, -0.2) is 34.8 Å². The minimum absolute atomic E-state index is 0.848. The summed E-state index contributed by atoms with van der Waals surface area (Å²) in [6.45, 7) is 0. The van der Waals surface area contributed by atoms with E-state index < -0.39 is 5.09 Å². The van der Waals surface area contributed by atoms with Gasteiger partial charge in [-0.1, -0.05) is 29.5 Å². The van der Waals surface area contributed by atoms with Crippen molar-refractivity contribution in [2.75, 3.05) is 0 Å². The molecule has 4 rings (SSSR count). The van der Waals surface area contributed by atoms with Gasteiger partial charge in [-0.3, -0.25) is 0 Å². The zero-order valence-corrected chi connectivity index (χ0v) is 13.9. The second kappa shape index (κ2) is 7.43. The molecule has 2 aromatic carbocycles. The molecule has 132 valence electrons. The Balaban J connectivity index is 0.000000447. The van der Waals surface area contributed by atoms with Crippen molar-refractivity contribution in [2.45, 2.75) is 6.42 Å². The highest BCUT2D eigenvalue weighted by molar-refractivity contribution is 5.75. The van der Waals surface area contributed by atoms with Crippen LogP contribution < -0.4 is 0 Å². The van der Waals surface area contributed by atoms with E-state index in [4.69, 9.17) is 15.3 Å². The number of aromatic nitrogens is 5. The molecule has 0 saturated carbocycles. The molecular weight excluding hydrogens is 336 g/mol. The van der Waals surface area contributed by atoms with Gasteiger partial charge in [-0.25, -0.2) is 9.67 Å². The van der Waals surface area contributed by atoms with Crippen LogP contribution in [0, 0.1) is 10.1 Å². The molecule has 0 aliphatic carbocycles. The van der Waals surface area contributed by atoms with Gasteiger partial charge in [-0.05, 0) is 35.7 Å². The summed E-state index contributed by atoms with van der Waals surface area (Å²) in [6, 6.07) is 14.7. The van der Waals surface area contributed by atoms with Crippen molar-refractivity contribution in [3.8, 4) is 5.69 Å². The zero-order valence-electron chi connectivity index (χ0n) is 13.9. The first-order valence-electron chi connectivity index (χ1n) is 7.72. The molecule has 1 N–H and O–H groups in total. The maximum absolute atomic E-state index is 8.36. The summed E-state index contributed by atoms with van der Waals surface area (Å²) in [5.74, 6) is 0. The highest BCUT2D eigenvalue weighted by Crippen LogP contribution is 2.20. The van der Waals surface area contributed by atoms with Crippen LogP contribution in [0.2, 0.25) is 0 Å². The van der Waals surface area contributed by atoms with Gasteiger partial charge in [0, 0.05) is 25.1 Å². The van der Waals surface area contributed by atoms with E-state index in [1.54, 1.807) is 10.9 Å². The smallest absolute Gasteiger partial charge is 0.291 e. The van der Waals surface area contributed by atoms with Crippen molar-refractivity contribution in [2.24, 2.45) is 7.05 Å². The fraction of sp³-hybridized carbons (Fsp3) is 0.118. The van der Waals surface area contributed by atoms with E-state index >= 15 is 0 Å². The van der Waals surface area contributed by atoms with Crippen LogP contribution in [0.15, 0.2) is 61.2 Å². The third-order valence-electron chi connectivity index (χ3n) is 3.84. The van der Waals surface area contributed by atoms with Gasteiger partial charge < -0.3 is 9.77 Å². The third kappa shape index (κ3) is 3.83. The van der Waals surface area contributed by atoms with E-state index in [1.807, 2.05) is 30.2 Å². The van der Waals surface area contributed by atoms with E-state index in [1.165, 1.54) is 11.1 Å². The Kier molecular flexibility index (Phi) is 4.88. The van der Waals surface area contributed by atoms with Crippen molar-refractivity contribution in [1.29, 1.82) is 0 Å². The van der Waals surface area contributed by atoms with Gasteiger partial charge in [0.1, 0.15) is 5.52 Å². The lowest BCUT2D eigenvalue weighted by atomic mass is 10.0. The summed E-state index contributed by atoms with van der Waals surface area (Å²) < 4.78 is 3.83. The molecule has 9 heteroatoms. The molecule has 26 heavy (non-hydrogen) atoms. The first kappa shape index (κ1) is 17.1. The average molecular weight is 352 g/mol. The summed E-state index contributed by atoms with van der Waals surface area (Å²) in [5.41, 5.74) is 5.61. The predicted octanol–water partition coefficient (Wildman–Crippen LogP) is 2.40. The van der Waals surface area contributed by atoms with Crippen molar-refractivity contribution in [1.82, 2.24) is 24.5 Å². The minimum atomic E-state index is -1.50. The molecular formula is C17H16N6O3. The van der Waals surface area contributed by atoms with Crippen LogP contribution in [0.5, 0.6) is 0 Å². The second-order valence-corrected chi connectivity index (χ2v) is 5.55. The number of imidazole rings is 1. The van der Waals surface area contributed by atoms with E-state index in [2.05, 4.69) is 51.7 Å². The lowest BCUT2D eigenvalue weighted by Gasteiger charge is -2.10. The van der Waals surface area contributed by atoms with Crippen LogP contribution in [0.1, 0.15) is 11.1 Å². The molecule has 0 atom stereocenters. The fourth-order valence-corrected chi connectivity index (χ4v) is 2.73. The van der Waals surface area contributed by atoms with Gasteiger partial charge >= 0.3 is 0 Å². The van der Waals surface area contributed by atoms with Crippen molar-refractivity contribution >= 4 is 11.0 Å². The highest BCUT2D eigenvalue weighted by atomic mass is 16.9. The normalized spacial score (nSPS) is 10.3. The maximum atomic E-state index is 8.36. The molecule has 0 aliphatic heterocycles. The number of fused-ring (bicyclic) bond motifs is 1. The van der Waals surface area contributed by atoms with Gasteiger partial charge in [0.15, 0.2) is 0 Å². The lowest BCUT2D eigenvalue weighted by Crippen LogP contribution is -1.98. The summed E-state index contributed by atoms with van der Waals surface area (Å²) >= 11 is 0. The monoisotopic (exact) mass is 352 g/mol. The predicted molar refractivity (Wildman–Crippen MR) is 93.7 cm³/mol. The number of hydrogen-bond acceptors (Lipinski definition) is 5. The fourth-order valence-electron chi connectivity index (χ4n) is 2.73. The molecule has 0 saturated heterocycles. The Bertz CT molecular complexity index is 1020. The Hall–Kier alpha value is -3.75. The second-order valence-electron chi connectivity index (χ2n) is 5.55. The molecule has 0 unspecified atom stereocenters. The molecule has 0 amide bonds. The molecule has 0 fully saturated rings. The van der Waals surface area contributed by atoms with E-state index in [0.29, 0.717) is 0 Å². The van der Waals surface area contributed by atoms with Crippen LogP contribution >= 0.6 is 0 Å². The van der Waals surface area contributed by atoms with Gasteiger partial charge in [0.2, 0.25) is 0 Å². The summed E-state index contributed by atoms with van der Waals surface area (Å²) in [6.07, 6.45) is 6.43. The van der Waals surface area contributed by atoms with Crippen LogP contribution in [0.3, 0.4) is 0 Å². The Morgan fingerprint density at radius 2 is 2.00 bits per heavy atom. The van der Waals surface area contributed by atoms with Crippen molar-refractivity contribution in [3.05, 3.63) is 82.4 Å². The third-order valence-corrected chi connectivity index (χ3v) is 3.84. The Morgan fingerprint density at radius 1 is 1.23 bits per heavy atom. The number of benzene rings is 2. The number of rotatable bonds is 3. The lowest BCUT2D eigenvalue weighted by molar-refractivity contribution is -0.742. The van der Waals surface area contributed by atoms with Crippen molar-refractivity contribution < 1.29 is 10.3 Å². The van der Waals surface area contributed by atoms with Gasteiger partial charge in [-0.15, -0.1) is 15.2 Å². The molecule has 0 bridgehead atoms. The molecule has 9 nitrogen and oxygen atoms in total. The molecule has 0 radical (unpaired) electrons. The molecule has 4 aromatic rings. The molecule has 2 heterocycles. The SMILES string of the molecule is Cn1nnc2cc(Cc3ccccc3-n3ccnc3)ccc21.O=[N+]([O-])O. The van der Waals surface area contributed by atoms with Crippen LogP contribution in [-0.2, 0) is 13.5 Å². The largest absolute Gasteiger partial charge is 0.328 e. The topological polar surface area (TPSA) is 112 Å². The highest BCUT2D eigenvalue weighted by Gasteiger charge is 2.07. The molecule has 0 spiro atoms. The van der Waals surface area contributed by atoms with E-state index in [0.717, 1.165) is 23.1 Å². The minimum Gasteiger partial charge on any atom is -0.328 e. The molecule has 0 aliphatic rings. The first-order valence-corrected chi connectivity index (χ1v) is 7.72. The standard InChI is InChI=1S/C17H15N5.HNO3/c1-21-17-7-6-13(11-15(17)19-20-21)10-14-4-2-3-5-16(14)22-9-8-18-12-22;2-1(3)4/h2-9,11-12H,10H2,1H3;(H,2,3,4). The molecule has 2 aromatic heterocycles.